The number of hydrogen-bond acceptors (Lipinski definition) is 5. The number of carbonyl (C=O) groups is 1. The lowest BCUT2D eigenvalue weighted by atomic mass is 10.1. The van der Waals surface area contributed by atoms with Crippen molar-refractivity contribution in [3.05, 3.63) is 70.7 Å². The minimum absolute atomic E-state index is 0.0632. The summed E-state index contributed by atoms with van der Waals surface area (Å²) in [5.41, 5.74) is 0.297. The molecule has 0 radical (unpaired) electrons. The Morgan fingerprint density at radius 2 is 1.90 bits per heavy atom. The summed E-state index contributed by atoms with van der Waals surface area (Å²) >= 11 is 7.46. The molecule has 2 unspecified atom stereocenters. The van der Waals surface area contributed by atoms with Gasteiger partial charge in [-0.3, -0.25) is 9.36 Å². The van der Waals surface area contributed by atoms with Crippen molar-refractivity contribution in [2.24, 2.45) is 0 Å². The van der Waals surface area contributed by atoms with Crippen molar-refractivity contribution < 1.29 is 23.7 Å². The zero-order valence-electron chi connectivity index (χ0n) is 17.5. The first kappa shape index (κ1) is 25.1. The van der Waals surface area contributed by atoms with Gasteiger partial charge in [0.2, 0.25) is 13.3 Å². The van der Waals surface area contributed by atoms with Crippen molar-refractivity contribution in [2.75, 3.05) is 20.9 Å². The number of benzene rings is 2. The molecule has 2 rings (SSSR count). The van der Waals surface area contributed by atoms with Crippen molar-refractivity contribution >= 4 is 42.7 Å². The second kappa shape index (κ2) is 11.4. The van der Waals surface area contributed by atoms with Crippen LogP contribution in [0.2, 0.25) is 5.02 Å². The second-order valence-electron chi connectivity index (χ2n) is 6.69. The lowest BCUT2D eigenvalue weighted by Gasteiger charge is -2.20. The zero-order valence-corrected chi connectivity index (χ0v) is 20.0. The van der Waals surface area contributed by atoms with Crippen LogP contribution in [0.25, 0.3) is 6.08 Å². The third-order valence-corrected chi connectivity index (χ3v) is 7.03. The van der Waals surface area contributed by atoms with Gasteiger partial charge >= 0.3 is 0 Å². The van der Waals surface area contributed by atoms with Crippen molar-refractivity contribution in [3.8, 4) is 11.5 Å². The monoisotopic (exact) mass is 481 g/mol. The molecular formula is C22H25ClNO5PS. The fraction of sp³-hybridized carbons (Fsp3) is 0.227. The standard InChI is InChI=1S/C22H25ClNO5PS/c1-5-31-21-7-6-17(23)12-16(21)13-20(30(4,26)27)22(25)24-9-8-15-10-18(28-2)14-19(11-15)29-3/h5-12,14,20H,1,13H2,2-4H3,(H,24,25)(H,26,27)/b9-8+. The Bertz CT molecular complexity index is 999. The molecule has 0 saturated carbocycles. The molecular weight excluding hydrogens is 457 g/mol. The fourth-order valence-corrected chi connectivity index (χ4v) is 4.70. The van der Waals surface area contributed by atoms with Gasteiger partial charge in [-0.05, 0) is 59.4 Å². The number of methoxy groups -OCH3 is 2. The van der Waals surface area contributed by atoms with Gasteiger partial charge in [0, 0.05) is 28.8 Å². The Balaban J connectivity index is 2.22. The van der Waals surface area contributed by atoms with Crippen molar-refractivity contribution in [1.82, 2.24) is 5.32 Å². The summed E-state index contributed by atoms with van der Waals surface area (Å²) in [6.45, 7) is 4.88. The number of amides is 1. The molecule has 0 heterocycles. The molecule has 2 N–H and O–H groups in total. The third-order valence-electron chi connectivity index (χ3n) is 4.40. The Morgan fingerprint density at radius 3 is 2.45 bits per heavy atom. The van der Waals surface area contributed by atoms with Gasteiger partial charge in [0.25, 0.3) is 0 Å². The van der Waals surface area contributed by atoms with E-state index in [0.29, 0.717) is 22.1 Å². The highest BCUT2D eigenvalue weighted by molar-refractivity contribution is 8.02. The van der Waals surface area contributed by atoms with Crippen LogP contribution in [-0.4, -0.2) is 37.3 Å². The highest BCUT2D eigenvalue weighted by Gasteiger charge is 2.33. The second-order valence-corrected chi connectivity index (χ2v) is 10.6. The normalized spacial score (nSPS) is 14.0. The predicted molar refractivity (Wildman–Crippen MR) is 127 cm³/mol. The van der Waals surface area contributed by atoms with E-state index in [2.05, 4.69) is 11.9 Å². The number of carbonyl (C=O) groups excluding carboxylic acids is 1. The van der Waals surface area contributed by atoms with E-state index in [9.17, 15) is 14.3 Å². The largest absolute Gasteiger partial charge is 0.497 e. The van der Waals surface area contributed by atoms with Gasteiger partial charge in [-0.15, -0.1) is 0 Å². The molecule has 9 heteroatoms. The minimum atomic E-state index is -3.75. The number of rotatable bonds is 10. The van der Waals surface area contributed by atoms with E-state index < -0.39 is 18.9 Å². The van der Waals surface area contributed by atoms with Crippen LogP contribution in [0.15, 0.2) is 59.5 Å². The molecule has 2 aromatic carbocycles. The van der Waals surface area contributed by atoms with Gasteiger partial charge in [0.15, 0.2) is 0 Å². The summed E-state index contributed by atoms with van der Waals surface area (Å²) < 4.78 is 22.9. The molecule has 0 aliphatic rings. The Labute approximate surface area is 191 Å². The van der Waals surface area contributed by atoms with E-state index in [-0.39, 0.29) is 6.42 Å². The molecule has 31 heavy (non-hydrogen) atoms. The average molecular weight is 482 g/mol. The Kier molecular flexibility index (Phi) is 9.26. The van der Waals surface area contributed by atoms with E-state index in [4.69, 9.17) is 21.1 Å². The van der Waals surface area contributed by atoms with Crippen LogP contribution in [0.5, 0.6) is 11.5 Å². The molecule has 0 aliphatic heterocycles. The zero-order chi connectivity index (χ0) is 23.0. The van der Waals surface area contributed by atoms with Gasteiger partial charge in [0.05, 0.1) is 14.2 Å². The molecule has 6 nitrogen and oxygen atoms in total. The molecule has 2 aromatic rings. The van der Waals surface area contributed by atoms with Crippen LogP contribution in [-0.2, 0) is 15.8 Å². The first-order valence-electron chi connectivity index (χ1n) is 9.24. The van der Waals surface area contributed by atoms with Crippen LogP contribution in [0.4, 0.5) is 0 Å². The average Bonchev–Trinajstić information content (AvgIpc) is 2.72. The first-order chi connectivity index (χ1) is 14.7. The molecule has 0 aromatic heterocycles. The number of thioether (sulfide) groups is 1. The third kappa shape index (κ3) is 7.47. The van der Waals surface area contributed by atoms with E-state index in [1.54, 1.807) is 62.1 Å². The first-order valence-corrected chi connectivity index (χ1v) is 12.7. The van der Waals surface area contributed by atoms with Gasteiger partial charge in [0.1, 0.15) is 17.2 Å². The molecule has 2 atom stereocenters. The molecule has 0 aliphatic carbocycles. The Hall–Kier alpha value is -2.18. The summed E-state index contributed by atoms with van der Waals surface area (Å²) in [7, 11) is -0.663. The quantitative estimate of drug-likeness (QED) is 0.359. The summed E-state index contributed by atoms with van der Waals surface area (Å²) in [4.78, 5) is 23.8. The van der Waals surface area contributed by atoms with Gasteiger partial charge in [-0.25, -0.2) is 0 Å². The van der Waals surface area contributed by atoms with Crippen molar-refractivity contribution in [3.63, 3.8) is 0 Å². The van der Waals surface area contributed by atoms with Crippen LogP contribution in [0, 0.1) is 0 Å². The van der Waals surface area contributed by atoms with E-state index in [1.807, 2.05) is 0 Å². The molecule has 0 fully saturated rings. The van der Waals surface area contributed by atoms with Gasteiger partial charge < -0.3 is 19.7 Å². The maximum Gasteiger partial charge on any atom is 0.237 e. The smallest absolute Gasteiger partial charge is 0.237 e. The summed E-state index contributed by atoms with van der Waals surface area (Å²) in [5.74, 6) is 0.642. The molecule has 1 amide bonds. The maximum absolute atomic E-state index is 12.8. The lowest BCUT2D eigenvalue weighted by Crippen LogP contribution is -2.33. The minimum Gasteiger partial charge on any atom is -0.497 e. The summed E-state index contributed by atoms with van der Waals surface area (Å²) in [5, 5.41) is 4.74. The van der Waals surface area contributed by atoms with E-state index in [1.165, 1.54) is 24.6 Å². The maximum atomic E-state index is 12.8. The van der Waals surface area contributed by atoms with Gasteiger partial charge in [-0.1, -0.05) is 29.9 Å². The molecule has 0 spiro atoms. The predicted octanol–water partition coefficient (Wildman–Crippen LogP) is 5.19. The topological polar surface area (TPSA) is 84.9 Å². The van der Waals surface area contributed by atoms with Crippen molar-refractivity contribution in [2.45, 2.75) is 17.0 Å². The molecule has 0 saturated heterocycles. The SMILES string of the molecule is C=CSc1ccc(Cl)cc1CC(C(=O)N/C=C/c1cc(OC)cc(OC)c1)P(C)(=O)O. The van der Waals surface area contributed by atoms with Crippen LogP contribution >= 0.6 is 30.7 Å². The fourth-order valence-electron chi connectivity index (χ4n) is 2.84. The highest BCUT2D eigenvalue weighted by atomic mass is 35.5. The van der Waals surface area contributed by atoms with Crippen molar-refractivity contribution in [1.29, 1.82) is 0 Å². The van der Waals surface area contributed by atoms with E-state index in [0.717, 1.165) is 10.5 Å². The van der Waals surface area contributed by atoms with Crippen LogP contribution in [0.3, 0.4) is 0 Å². The number of ether oxygens (including phenoxy) is 2. The van der Waals surface area contributed by atoms with Crippen LogP contribution < -0.4 is 14.8 Å². The number of halogens is 1. The molecule has 166 valence electrons. The lowest BCUT2D eigenvalue weighted by molar-refractivity contribution is -0.119. The Morgan fingerprint density at radius 1 is 1.26 bits per heavy atom. The summed E-state index contributed by atoms with van der Waals surface area (Å²) in [6.07, 6.45) is 3.14. The van der Waals surface area contributed by atoms with Gasteiger partial charge in [-0.2, -0.15) is 0 Å². The number of nitrogens with one attached hydrogen (secondary N) is 1. The van der Waals surface area contributed by atoms with E-state index >= 15 is 0 Å². The molecule has 0 bridgehead atoms. The summed E-state index contributed by atoms with van der Waals surface area (Å²) in [6, 6.07) is 10.5. The number of hydrogen-bond donors (Lipinski definition) is 2. The highest BCUT2D eigenvalue weighted by Crippen LogP contribution is 2.44. The van der Waals surface area contributed by atoms with Crippen LogP contribution in [0.1, 0.15) is 11.1 Å².